The van der Waals surface area contributed by atoms with Crippen LogP contribution in [-0.4, -0.2) is 10.8 Å². The molecule has 0 aliphatic heterocycles. The third-order valence-corrected chi connectivity index (χ3v) is 5.90. The van der Waals surface area contributed by atoms with E-state index in [4.69, 9.17) is 17.3 Å². The predicted molar refractivity (Wildman–Crippen MR) is 131 cm³/mol. The number of halogens is 2. The highest BCUT2D eigenvalue weighted by molar-refractivity contribution is 9.10. The van der Waals surface area contributed by atoms with Gasteiger partial charge in [-0.1, -0.05) is 70.0 Å². The number of hydrogen-bond donors (Lipinski definition) is 1. The summed E-state index contributed by atoms with van der Waals surface area (Å²) in [6.45, 7) is 0. The number of rotatable bonds is 5. The van der Waals surface area contributed by atoms with Gasteiger partial charge in [0.1, 0.15) is 17.5 Å². The van der Waals surface area contributed by atoms with Crippen LogP contribution in [0.4, 0.5) is 5.82 Å². The molecule has 0 bridgehead atoms. The molecular weight excluding hydrogens is 486 g/mol. The molecule has 4 aromatic rings. The normalized spacial score (nSPS) is 10.5. The van der Waals surface area contributed by atoms with E-state index in [-0.39, 0.29) is 23.6 Å². The maximum atomic E-state index is 13.2. The Hall–Kier alpha value is -3.46. The molecule has 1 heterocycles. The van der Waals surface area contributed by atoms with Crippen LogP contribution in [0.2, 0.25) is 5.02 Å². The number of nitrogens with two attached hydrogens (primary N) is 1. The van der Waals surface area contributed by atoms with Crippen LogP contribution in [-0.2, 0) is 6.42 Å². The third-order valence-electron chi connectivity index (χ3n) is 5.12. The Bertz CT molecular complexity index is 1330. The van der Waals surface area contributed by atoms with Gasteiger partial charge in [0.2, 0.25) is 0 Å². The number of Topliss-reactive ketones (excluding diaryl/α,β-unsaturated/α-hetero) is 1. The lowest BCUT2D eigenvalue weighted by Gasteiger charge is -2.18. The van der Waals surface area contributed by atoms with Crippen molar-refractivity contribution in [3.8, 4) is 28.5 Å². The van der Waals surface area contributed by atoms with Gasteiger partial charge in [-0.25, -0.2) is 4.98 Å². The average molecular weight is 503 g/mol. The Balaban J connectivity index is 1.97. The average Bonchev–Trinajstić information content (AvgIpc) is 2.81. The maximum Gasteiger partial charge on any atom is 0.167 e. The monoisotopic (exact) mass is 501 g/mol. The molecule has 156 valence electrons. The van der Waals surface area contributed by atoms with Crippen LogP contribution in [0.25, 0.3) is 22.4 Å². The van der Waals surface area contributed by atoms with E-state index in [0.29, 0.717) is 27.4 Å². The summed E-state index contributed by atoms with van der Waals surface area (Å²) in [6, 6.07) is 26.0. The number of nitriles is 1. The lowest BCUT2D eigenvalue weighted by Crippen LogP contribution is -2.11. The van der Waals surface area contributed by atoms with Crippen molar-refractivity contribution < 1.29 is 4.79 Å². The van der Waals surface area contributed by atoms with Crippen LogP contribution in [0.3, 0.4) is 0 Å². The van der Waals surface area contributed by atoms with Gasteiger partial charge >= 0.3 is 0 Å². The molecule has 1 aromatic heterocycles. The summed E-state index contributed by atoms with van der Waals surface area (Å²) in [5.41, 5.74) is 10.5. The molecule has 32 heavy (non-hydrogen) atoms. The van der Waals surface area contributed by atoms with Crippen LogP contribution in [0.1, 0.15) is 21.5 Å². The van der Waals surface area contributed by atoms with Crippen LogP contribution >= 0.6 is 27.5 Å². The molecule has 0 fully saturated rings. The smallest absolute Gasteiger partial charge is 0.167 e. The van der Waals surface area contributed by atoms with Gasteiger partial charge in [-0.05, 0) is 47.5 Å². The van der Waals surface area contributed by atoms with E-state index < -0.39 is 0 Å². The Morgan fingerprint density at radius 1 is 0.969 bits per heavy atom. The van der Waals surface area contributed by atoms with Gasteiger partial charge in [0.15, 0.2) is 5.78 Å². The number of carbonyl (C=O) groups excluding carboxylic acids is 1. The summed E-state index contributed by atoms with van der Waals surface area (Å²) >= 11 is 9.43. The number of pyridine rings is 1. The van der Waals surface area contributed by atoms with Gasteiger partial charge in [-0.2, -0.15) is 5.26 Å². The topological polar surface area (TPSA) is 79.8 Å². The van der Waals surface area contributed by atoms with Crippen molar-refractivity contribution in [2.24, 2.45) is 0 Å². The Kier molecular flexibility index (Phi) is 6.36. The fraction of sp³-hybridized carbons (Fsp3) is 0.0385. The lowest BCUT2D eigenvalue weighted by molar-refractivity contribution is 0.0993. The van der Waals surface area contributed by atoms with E-state index in [1.807, 2.05) is 54.6 Å². The highest BCUT2D eigenvalue weighted by Gasteiger charge is 2.23. The molecule has 0 aliphatic rings. The van der Waals surface area contributed by atoms with Crippen molar-refractivity contribution in [1.82, 2.24) is 4.98 Å². The summed E-state index contributed by atoms with van der Waals surface area (Å²) < 4.78 is 0.906. The van der Waals surface area contributed by atoms with Gasteiger partial charge in [-0.3, -0.25) is 4.79 Å². The van der Waals surface area contributed by atoms with Crippen molar-refractivity contribution >= 4 is 39.1 Å². The zero-order valence-corrected chi connectivity index (χ0v) is 19.2. The predicted octanol–water partition coefficient (Wildman–Crippen LogP) is 6.71. The van der Waals surface area contributed by atoms with Gasteiger partial charge in [0, 0.05) is 32.6 Å². The molecule has 0 unspecified atom stereocenters. The first kappa shape index (κ1) is 21.8. The summed E-state index contributed by atoms with van der Waals surface area (Å²) in [6.07, 6.45) is 0.0548. The molecular formula is C26H17BrClN3O. The molecule has 2 N–H and O–H groups in total. The minimum Gasteiger partial charge on any atom is -0.383 e. The van der Waals surface area contributed by atoms with Crippen molar-refractivity contribution in [3.05, 3.63) is 105 Å². The number of nitrogens with zero attached hydrogens (tertiary/aromatic N) is 2. The minimum absolute atomic E-state index is 0.0548. The molecule has 0 aliphatic carbocycles. The number of carbonyl (C=O) groups is 1. The van der Waals surface area contributed by atoms with E-state index in [1.54, 1.807) is 24.3 Å². The standard InChI is InChI=1S/C26H17BrClN3O/c27-19-10-6-17(7-11-19)24-21(14-23(32)16-8-12-20(28)13-9-16)25(18-4-2-1-3-5-18)31-26(30)22(24)15-29/h1-13H,14H2,(H2,30,31). The van der Waals surface area contributed by atoms with Crippen molar-refractivity contribution in [2.45, 2.75) is 6.42 Å². The van der Waals surface area contributed by atoms with Gasteiger partial charge in [0.25, 0.3) is 0 Å². The van der Waals surface area contributed by atoms with E-state index in [1.165, 1.54) is 0 Å². The summed E-state index contributed by atoms with van der Waals surface area (Å²) in [7, 11) is 0. The van der Waals surface area contributed by atoms with Gasteiger partial charge in [0.05, 0.1) is 5.69 Å². The highest BCUT2D eigenvalue weighted by Crippen LogP contribution is 2.37. The van der Waals surface area contributed by atoms with Crippen LogP contribution in [0, 0.1) is 11.3 Å². The lowest BCUT2D eigenvalue weighted by atomic mass is 9.88. The molecule has 4 rings (SSSR count). The molecule has 0 saturated heterocycles. The molecule has 0 amide bonds. The SMILES string of the molecule is N#Cc1c(N)nc(-c2ccccc2)c(CC(=O)c2ccc(Cl)cc2)c1-c1ccc(Br)cc1. The first-order valence-electron chi connectivity index (χ1n) is 9.80. The molecule has 4 nitrogen and oxygen atoms in total. The molecule has 6 heteroatoms. The number of aromatic nitrogens is 1. The van der Waals surface area contributed by atoms with Crippen LogP contribution in [0.15, 0.2) is 83.3 Å². The molecule has 0 radical (unpaired) electrons. The highest BCUT2D eigenvalue weighted by atomic mass is 79.9. The summed E-state index contributed by atoms with van der Waals surface area (Å²) in [5, 5.41) is 10.5. The second-order valence-electron chi connectivity index (χ2n) is 7.17. The third kappa shape index (κ3) is 4.43. The van der Waals surface area contributed by atoms with E-state index in [9.17, 15) is 10.1 Å². The molecule has 3 aromatic carbocycles. The zero-order valence-electron chi connectivity index (χ0n) is 16.8. The fourth-order valence-corrected chi connectivity index (χ4v) is 3.99. The van der Waals surface area contributed by atoms with Gasteiger partial charge in [-0.15, -0.1) is 0 Å². The van der Waals surface area contributed by atoms with E-state index >= 15 is 0 Å². The number of hydrogen-bond acceptors (Lipinski definition) is 4. The Labute approximate surface area is 199 Å². The van der Waals surface area contributed by atoms with E-state index in [0.717, 1.165) is 15.6 Å². The second kappa shape index (κ2) is 9.35. The van der Waals surface area contributed by atoms with Crippen molar-refractivity contribution in [2.75, 3.05) is 5.73 Å². The van der Waals surface area contributed by atoms with Crippen molar-refractivity contribution in [1.29, 1.82) is 5.26 Å². The Morgan fingerprint density at radius 3 is 2.25 bits per heavy atom. The minimum atomic E-state index is -0.104. The summed E-state index contributed by atoms with van der Waals surface area (Å²) in [4.78, 5) is 17.8. The van der Waals surface area contributed by atoms with Crippen LogP contribution in [0.5, 0.6) is 0 Å². The number of benzene rings is 3. The van der Waals surface area contributed by atoms with Gasteiger partial charge < -0.3 is 5.73 Å². The second-order valence-corrected chi connectivity index (χ2v) is 8.52. The maximum absolute atomic E-state index is 13.2. The van der Waals surface area contributed by atoms with Crippen molar-refractivity contribution in [3.63, 3.8) is 0 Å². The first-order valence-corrected chi connectivity index (χ1v) is 11.0. The summed E-state index contributed by atoms with van der Waals surface area (Å²) in [5.74, 6) is 0.0274. The Morgan fingerprint density at radius 2 is 1.62 bits per heavy atom. The first-order chi connectivity index (χ1) is 15.5. The molecule has 0 spiro atoms. The number of nitrogen functional groups attached to an aromatic ring is 1. The molecule has 0 atom stereocenters. The van der Waals surface area contributed by atoms with E-state index in [2.05, 4.69) is 27.0 Å². The number of ketones is 1. The quantitative estimate of drug-likeness (QED) is 0.308. The zero-order chi connectivity index (χ0) is 22.7. The van der Waals surface area contributed by atoms with Crippen LogP contribution < -0.4 is 5.73 Å². The largest absolute Gasteiger partial charge is 0.383 e. The number of anilines is 1. The fourth-order valence-electron chi connectivity index (χ4n) is 3.59. The molecule has 0 saturated carbocycles.